The lowest BCUT2D eigenvalue weighted by atomic mass is 10.1. The molecule has 0 aliphatic carbocycles. The number of aromatic nitrogens is 1. The fraction of sp³-hybridized carbons (Fsp3) is 0.263. The van der Waals surface area contributed by atoms with Crippen LogP contribution in [0.3, 0.4) is 0 Å². The summed E-state index contributed by atoms with van der Waals surface area (Å²) in [7, 11) is 2.16. The molecule has 1 aromatic heterocycles. The normalized spacial score (nSPS) is 11.2. The van der Waals surface area contributed by atoms with Crippen LogP contribution in [0.4, 0.5) is 0 Å². The number of para-hydroxylation sites is 1. The predicted octanol–water partition coefficient (Wildman–Crippen LogP) is 4.53. The van der Waals surface area contributed by atoms with Crippen LogP contribution in [-0.2, 0) is 13.5 Å². The quantitative estimate of drug-likeness (QED) is 0.750. The summed E-state index contributed by atoms with van der Waals surface area (Å²) in [5.74, 6) is 0. The van der Waals surface area contributed by atoms with Crippen LogP contribution in [0.25, 0.3) is 10.9 Å². The molecule has 22 heavy (non-hydrogen) atoms. The molecule has 0 radical (unpaired) electrons. The monoisotopic (exact) mass is 310 g/mol. The zero-order valence-electron chi connectivity index (χ0n) is 13.2. The van der Waals surface area contributed by atoms with Crippen LogP contribution in [0.1, 0.15) is 17.5 Å². The van der Waals surface area contributed by atoms with Gasteiger partial charge in [-0.25, -0.2) is 0 Å². The van der Waals surface area contributed by atoms with E-state index in [1.807, 2.05) is 11.8 Å². The highest BCUT2D eigenvalue weighted by molar-refractivity contribution is 7.99. The summed E-state index contributed by atoms with van der Waals surface area (Å²) in [5.41, 5.74) is 9.75. The highest BCUT2D eigenvalue weighted by atomic mass is 32.2. The molecule has 0 fully saturated rings. The average molecular weight is 310 g/mol. The summed E-state index contributed by atoms with van der Waals surface area (Å²) in [6.45, 7) is 2.86. The zero-order chi connectivity index (χ0) is 15.5. The first-order chi connectivity index (χ1) is 10.7. The van der Waals surface area contributed by atoms with Crippen molar-refractivity contribution >= 4 is 22.7 Å². The van der Waals surface area contributed by atoms with Crippen molar-refractivity contribution in [2.24, 2.45) is 12.8 Å². The Morgan fingerprint density at radius 3 is 2.50 bits per heavy atom. The van der Waals surface area contributed by atoms with E-state index < -0.39 is 0 Å². The fourth-order valence-corrected chi connectivity index (χ4v) is 3.88. The van der Waals surface area contributed by atoms with Crippen LogP contribution in [-0.4, -0.2) is 11.1 Å². The summed E-state index contributed by atoms with van der Waals surface area (Å²) < 4.78 is 2.31. The van der Waals surface area contributed by atoms with Crippen molar-refractivity contribution in [3.63, 3.8) is 0 Å². The summed E-state index contributed by atoms with van der Waals surface area (Å²) in [6, 6.07) is 17.4. The van der Waals surface area contributed by atoms with Gasteiger partial charge in [0, 0.05) is 22.8 Å². The Hall–Kier alpha value is -1.71. The van der Waals surface area contributed by atoms with Crippen LogP contribution in [0, 0.1) is 6.92 Å². The van der Waals surface area contributed by atoms with Crippen LogP contribution >= 0.6 is 11.8 Å². The Bertz CT molecular complexity index is 772. The minimum atomic E-state index is 0.734. The topological polar surface area (TPSA) is 30.9 Å². The molecular formula is C19H22N2S. The molecular weight excluding hydrogens is 288 g/mol. The Kier molecular flexibility index (Phi) is 4.55. The van der Waals surface area contributed by atoms with E-state index in [1.54, 1.807) is 0 Å². The second-order valence-corrected chi connectivity index (χ2v) is 6.73. The first-order valence-electron chi connectivity index (χ1n) is 7.71. The van der Waals surface area contributed by atoms with Crippen LogP contribution in [0.2, 0.25) is 0 Å². The molecule has 0 atom stereocenters. The van der Waals surface area contributed by atoms with Crippen LogP contribution < -0.4 is 5.73 Å². The molecule has 3 heteroatoms. The number of fused-ring (bicyclic) bond motifs is 1. The Labute approximate surface area is 136 Å². The molecule has 0 saturated carbocycles. The Balaban J connectivity index is 2.06. The summed E-state index contributed by atoms with van der Waals surface area (Å²) >= 11 is 1.85. The number of hydrogen-bond acceptors (Lipinski definition) is 2. The van der Waals surface area contributed by atoms with Crippen molar-refractivity contribution in [3.8, 4) is 0 Å². The summed E-state index contributed by atoms with van der Waals surface area (Å²) in [5, 5.41) is 2.69. The maximum atomic E-state index is 5.73. The fourth-order valence-electron chi connectivity index (χ4n) is 2.82. The van der Waals surface area contributed by atoms with E-state index in [4.69, 9.17) is 5.73 Å². The molecule has 2 nitrogen and oxygen atoms in total. The van der Waals surface area contributed by atoms with Crippen LogP contribution in [0.15, 0.2) is 58.5 Å². The maximum absolute atomic E-state index is 5.73. The molecule has 0 saturated heterocycles. The van der Waals surface area contributed by atoms with E-state index in [-0.39, 0.29) is 0 Å². The van der Waals surface area contributed by atoms with Gasteiger partial charge < -0.3 is 10.3 Å². The van der Waals surface area contributed by atoms with E-state index in [0.29, 0.717) is 0 Å². The van der Waals surface area contributed by atoms with Crippen molar-refractivity contribution in [1.82, 2.24) is 4.57 Å². The lowest BCUT2D eigenvalue weighted by Gasteiger charge is -2.08. The van der Waals surface area contributed by atoms with Gasteiger partial charge in [-0.2, -0.15) is 0 Å². The van der Waals surface area contributed by atoms with Gasteiger partial charge in [-0.3, -0.25) is 0 Å². The molecule has 0 unspecified atom stereocenters. The van der Waals surface area contributed by atoms with E-state index in [2.05, 4.69) is 67.1 Å². The largest absolute Gasteiger partial charge is 0.338 e. The van der Waals surface area contributed by atoms with E-state index >= 15 is 0 Å². The molecule has 0 aliphatic heterocycles. The van der Waals surface area contributed by atoms with Gasteiger partial charge >= 0.3 is 0 Å². The second kappa shape index (κ2) is 6.59. The molecule has 0 spiro atoms. The standard InChI is InChI=1S/C19H22N2S/c1-14-9-11-15(12-10-14)22-19-17(7-5-13-20)16-6-3-4-8-18(16)21(19)2/h3-4,6,8-12H,5,7,13,20H2,1-2H3. The molecule has 0 aliphatic rings. The van der Waals surface area contributed by atoms with Crippen molar-refractivity contribution in [3.05, 3.63) is 59.7 Å². The van der Waals surface area contributed by atoms with Crippen molar-refractivity contribution in [2.45, 2.75) is 29.7 Å². The SMILES string of the molecule is Cc1ccc(Sc2c(CCCN)c3ccccc3n2C)cc1. The molecule has 0 amide bonds. The predicted molar refractivity (Wildman–Crippen MR) is 95.6 cm³/mol. The Morgan fingerprint density at radius 1 is 1.05 bits per heavy atom. The van der Waals surface area contributed by atoms with Gasteiger partial charge in [0.15, 0.2) is 0 Å². The lowest BCUT2D eigenvalue weighted by Crippen LogP contribution is -2.01. The molecule has 1 heterocycles. The number of hydrogen-bond donors (Lipinski definition) is 1. The molecule has 2 N–H and O–H groups in total. The number of rotatable bonds is 5. The number of aryl methyl sites for hydroxylation is 3. The first kappa shape index (κ1) is 15.2. The highest BCUT2D eigenvalue weighted by Crippen LogP contribution is 2.37. The molecule has 2 aromatic carbocycles. The minimum absolute atomic E-state index is 0.734. The van der Waals surface area contributed by atoms with E-state index in [0.717, 1.165) is 19.4 Å². The molecule has 114 valence electrons. The highest BCUT2D eigenvalue weighted by Gasteiger charge is 2.15. The zero-order valence-corrected chi connectivity index (χ0v) is 14.0. The van der Waals surface area contributed by atoms with Gasteiger partial charge in [-0.05, 0) is 50.1 Å². The average Bonchev–Trinajstić information content (AvgIpc) is 2.80. The molecule has 3 aromatic rings. The smallest absolute Gasteiger partial charge is 0.0837 e. The number of benzene rings is 2. The van der Waals surface area contributed by atoms with Gasteiger partial charge in [-0.15, -0.1) is 0 Å². The van der Waals surface area contributed by atoms with Gasteiger partial charge in [0.05, 0.1) is 5.03 Å². The molecule has 3 rings (SSSR count). The number of nitrogens with zero attached hydrogens (tertiary/aromatic N) is 1. The van der Waals surface area contributed by atoms with Crippen LogP contribution in [0.5, 0.6) is 0 Å². The van der Waals surface area contributed by atoms with Gasteiger partial charge in [0.2, 0.25) is 0 Å². The van der Waals surface area contributed by atoms with Gasteiger partial charge in [-0.1, -0.05) is 47.7 Å². The van der Waals surface area contributed by atoms with Gasteiger partial charge in [0.1, 0.15) is 0 Å². The second-order valence-electron chi connectivity index (χ2n) is 5.67. The minimum Gasteiger partial charge on any atom is -0.338 e. The van der Waals surface area contributed by atoms with Crippen molar-refractivity contribution in [1.29, 1.82) is 0 Å². The maximum Gasteiger partial charge on any atom is 0.0837 e. The third kappa shape index (κ3) is 2.92. The third-order valence-electron chi connectivity index (χ3n) is 4.02. The van der Waals surface area contributed by atoms with E-state index in [9.17, 15) is 0 Å². The Morgan fingerprint density at radius 2 is 1.77 bits per heavy atom. The van der Waals surface area contributed by atoms with Gasteiger partial charge in [0.25, 0.3) is 0 Å². The first-order valence-corrected chi connectivity index (χ1v) is 8.53. The third-order valence-corrected chi connectivity index (χ3v) is 5.24. The summed E-state index contributed by atoms with van der Waals surface area (Å²) in [4.78, 5) is 1.28. The van der Waals surface area contributed by atoms with Crippen molar-refractivity contribution < 1.29 is 0 Å². The van der Waals surface area contributed by atoms with E-state index in [1.165, 1.54) is 32.0 Å². The number of nitrogens with two attached hydrogens (primary N) is 1. The summed E-state index contributed by atoms with van der Waals surface area (Å²) in [6.07, 6.45) is 2.06. The lowest BCUT2D eigenvalue weighted by molar-refractivity contribution is 0.786. The van der Waals surface area contributed by atoms with Crippen molar-refractivity contribution in [2.75, 3.05) is 6.54 Å². The molecule has 0 bridgehead atoms.